The number of nitrogens with zero attached hydrogens (tertiary/aromatic N) is 5. The van der Waals surface area contributed by atoms with Crippen LogP contribution >= 0.6 is 0 Å². The molecule has 0 fully saturated rings. The van der Waals surface area contributed by atoms with Crippen LogP contribution in [-0.4, -0.2) is 30.9 Å². The van der Waals surface area contributed by atoms with Gasteiger partial charge in [0.25, 0.3) is 0 Å². The van der Waals surface area contributed by atoms with Crippen LogP contribution in [0.2, 0.25) is 0 Å². The number of ether oxygens (including phenoxy) is 1. The number of nitrogen functional groups attached to an aromatic ring is 1. The second-order valence-electron chi connectivity index (χ2n) is 4.21. The maximum Gasteiger partial charge on any atom is 0.321 e. The third-order valence-corrected chi connectivity index (χ3v) is 2.72. The molecule has 7 heteroatoms. The highest BCUT2D eigenvalue weighted by molar-refractivity contribution is 5.57. The summed E-state index contributed by atoms with van der Waals surface area (Å²) >= 11 is 0. The van der Waals surface area contributed by atoms with E-state index in [0.717, 1.165) is 17.8 Å². The molecule has 2 N–H and O–H groups in total. The number of nitrogens with two attached hydrogens (primary N) is 1. The number of rotatable bonds is 4. The number of fused-ring (bicyclic) bond motifs is 1. The molecule has 3 aromatic rings. The van der Waals surface area contributed by atoms with Gasteiger partial charge in [0.15, 0.2) is 5.82 Å². The van der Waals surface area contributed by atoms with Gasteiger partial charge in [-0.15, -0.1) is 0 Å². The van der Waals surface area contributed by atoms with Gasteiger partial charge in [0, 0.05) is 12.4 Å². The van der Waals surface area contributed by atoms with Crippen molar-refractivity contribution in [1.82, 2.24) is 24.3 Å². The third kappa shape index (κ3) is 2.25. The van der Waals surface area contributed by atoms with Crippen LogP contribution in [0.1, 0.15) is 13.3 Å². The lowest BCUT2D eigenvalue weighted by Gasteiger charge is -2.07. The molecule has 0 unspecified atom stereocenters. The largest absolute Gasteiger partial charge is 0.463 e. The lowest BCUT2D eigenvalue weighted by molar-refractivity contribution is 0.292. The van der Waals surface area contributed by atoms with Crippen molar-refractivity contribution in [3.05, 3.63) is 30.6 Å². The van der Waals surface area contributed by atoms with E-state index in [0.29, 0.717) is 12.4 Å². The van der Waals surface area contributed by atoms with Gasteiger partial charge in [-0.05, 0) is 18.6 Å². The fourth-order valence-electron chi connectivity index (χ4n) is 1.87. The summed E-state index contributed by atoms with van der Waals surface area (Å²) < 4.78 is 7.31. The van der Waals surface area contributed by atoms with Gasteiger partial charge in [-0.3, -0.25) is 4.40 Å². The minimum Gasteiger partial charge on any atom is -0.463 e. The average molecular weight is 270 g/mol. The van der Waals surface area contributed by atoms with Gasteiger partial charge in [-0.1, -0.05) is 13.0 Å². The van der Waals surface area contributed by atoms with Crippen molar-refractivity contribution in [1.29, 1.82) is 0 Å². The van der Waals surface area contributed by atoms with E-state index in [-0.39, 0.29) is 12.0 Å². The van der Waals surface area contributed by atoms with Gasteiger partial charge in [0.05, 0.1) is 12.3 Å². The number of hydrogen-bond donors (Lipinski definition) is 1. The molecule has 0 aromatic carbocycles. The average Bonchev–Trinajstić information content (AvgIpc) is 2.92. The molecule has 3 aromatic heterocycles. The Morgan fingerprint density at radius 1 is 1.25 bits per heavy atom. The van der Waals surface area contributed by atoms with Crippen LogP contribution in [0, 0.1) is 0 Å². The van der Waals surface area contributed by atoms with E-state index in [4.69, 9.17) is 10.5 Å². The molecule has 0 radical (unpaired) electrons. The highest BCUT2D eigenvalue weighted by atomic mass is 16.5. The van der Waals surface area contributed by atoms with Crippen LogP contribution in [-0.2, 0) is 0 Å². The molecule has 0 bridgehead atoms. The molecular formula is C13H14N6O. The van der Waals surface area contributed by atoms with Crippen molar-refractivity contribution in [3.63, 3.8) is 0 Å². The SMILES string of the molecule is CCCOc1nc(N)nc(-c2cccc3nccn23)n1. The van der Waals surface area contributed by atoms with Crippen LogP contribution in [0.4, 0.5) is 5.95 Å². The summed E-state index contributed by atoms with van der Waals surface area (Å²) in [5.41, 5.74) is 7.33. The summed E-state index contributed by atoms with van der Waals surface area (Å²) in [4.78, 5) is 16.7. The van der Waals surface area contributed by atoms with Crippen molar-refractivity contribution in [2.24, 2.45) is 0 Å². The van der Waals surface area contributed by atoms with E-state index in [9.17, 15) is 0 Å². The highest BCUT2D eigenvalue weighted by Crippen LogP contribution is 2.19. The number of hydrogen-bond acceptors (Lipinski definition) is 6. The molecular weight excluding hydrogens is 256 g/mol. The molecule has 0 amide bonds. The third-order valence-electron chi connectivity index (χ3n) is 2.72. The van der Waals surface area contributed by atoms with Crippen molar-refractivity contribution in [2.75, 3.05) is 12.3 Å². The quantitative estimate of drug-likeness (QED) is 0.773. The second kappa shape index (κ2) is 5.12. The normalized spacial score (nSPS) is 10.8. The number of anilines is 1. The van der Waals surface area contributed by atoms with Crippen LogP contribution < -0.4 is 10.5 Å². The van der Waals surface area contributed by atoms with E-state index >= 15 is 0 Å². The van der Waals surface area contributed by atoms with E-state index in [1.165, 1.54) is 0 Å². The Hall–Kier alpha value is -2.70. The van der Waals surface area contributed by atoms with Gasteiger partial charge < -0.3 is 10.5 Å². The van der Waals surface area contributed by atoms with Gasteiger partial charge in [0.2, 0.25) is 5.95 Å². The van der Waals surface area contributed by atoms with E-state index in [1.807, 2.05) is 35.7 Å². The molecule has 7 nitrogen and oxygen atoms in total. The summed E-state index contributed by atoms with van der Waals surface area (Å²) in [6.45, 7) is 2.55. The number of aromatic nitrogens is 5. The topological polar surface area (TPSA) is 91.2 Å². The first-order valence-corrected chi connectivity index (χ1v) is 6.34. The fraction of sp³-hybridized carbons (Fsp3) is 0.231. The molecule has 3 heterocycles. The molecule has 102 valence electrons. The van der Waals surface area contributed by atoms with E-state index < -0.39 is 0 Å². The molecule has 0 saturated carbocycles. The summed E-state index contributed by atoms with van der Waals surface area (Å²) in [6.07, 6.45) is 4.44. The first kappa shape index (κ1) is 12.3. The Bertz CT molecular complexity index is 739. The van der Waals surface area contributed by atoms with E-state index in [1.54, 1.807) is 6.20 Å². The van der Waals surface area contributed by atoms with Gasteiger partial charge in [-0.25, -0.2) is 4.98 Å². The zero-order chi connectivity index (χ0) is 13.9. The van der Waals surface area contributed by atoms with Crippen molar-refractivity contribution in [3.8, 4) is 17.5 Å². The zero-order valence-corrected chi connectivity index (χ0v) is 11.0. The minimum atomic E-state index is 0.137. The number of imidazole rings is 1. The first-order chi connectivity index (χ1) is 9.78. The highest BCUT2D eigenvalue weighted by Gasteiger charge is 2.10. The predicted molar refractivity (Wildman–Crippen MR) is 74.2 cm³/mol. The summed E-state index contributed by atoms with van der Waals surface area (Å²) in [7, 11) is 0. The Morgan fingerprint density at radius 3 is 3.00 bits per heavy atom. The van der Waals surface area contributed by atoms with E-state index in [2.05, 4.69) is 19.9 Å². The minimum absolute atomic E-state index is 0.137. The van der Waals surface area contributed by atoms with Crippen molar-refractivity contribution < 1.29 is 4.74 Å². The molecule has 0 spiro atoms. The van der Waals surface area contributed by atoms with Crippen LogP contribution in [0.3, 0.4) is 0 Å². The Morgan fingerprint density at radius 2 is 2.15 bits per heavy atom. The molecule has 0 aliphatic carbocycles. The van der Waals surface area contributed by atoms with Crippen molar-refractivity contribution >= 4 is 11.6 Å². The molecule has 3 rings (SSSR count). The summed E-state index contributed by atoms with van der Waals surface area (Å²) in [5.74, 6) is 0.602. The molecule has 0 aliphatic rings. The molecule has 0 saturated heterocycles. The molecule has 20 heavy (non-hydrogen) atoms. The Labute approximate surface area is 115 Å². The van der Waals surface area contributed by atoms with Crippen LogP contribution in [0.5, 0.6) is 6.01 Å². The monoisotopic (exact) mass is 270 g/mol. The lowest BCUT2D eigenvalue weighted by atomic mass is 10.3. The van der Waals surface area contributed by atoms with Crippen LogP contribution in [0.25, 0.3) is 17.2 Å². The van der Waals surface area contributed by atoms with Crippen LogP contribution in [0.15, 0.2) is 30.6 Å². The number of pyridine rings is 1. The summed E-state index contributed by atoms with van der Waals surface area (Å²) in [5, 5.41) is 0. The van der Waals surface area contributed by atoms with Gasteiger partial charge >= 0.3 is 6.01 Å². The zero-order valence-electron chi connectivity index (χ0n) is 11.0. The molecule has 0 aliphatic heterocycles. The first-order valence-electron chi connectivity index (χ1n) is 6.34. The summed E-state index contributed by atoms with van der Waals surface area (Å²) in [6, 6.07) is 5.94. The predicted octanol–water partition coefficient (Wildman–Crippen LogP) is 1.56. The fourth-order valence-corrected chi connectivity index (χ4v) is 1.87. The lowest BCUT2D eigenvalue weighted by Crippen LogP contribution is -2.07. The second-order valence-corrected chi connectivity index (χ2v) is 4.21. The molecule has 0 atom stereocenters. The van der Waals surface area contributed by atoms with Gasteiger partial charge in [-0.2, -0.15) is 15.0 Å². The maximum absolute atomic E-state index is 5.72. The van der Waals surface area contributed by atoms with Gasteiger partial charge in [0.1, 0.15) is 5.65 Å². The maximum atomic E-state index is 5.72. The Balaban J connectivity index is 2.09. The van der Waals surface area contributed by atoms with Crippen molar-refractivity contribution in [2.45, 2.75) is 13.3 Å². The smallest absolute Gasteiger partial charge is 0.321 e. The standard InChI is InChI=1S/C13H14N6O/c1-2-8-20-13-17-11(16-12(14)18-13)9-4-3-5-10-15-6-7-19(9)10/h3-7H,2,8H2,1H3,(H2,14,16,17,18). The Kier molecular flexibility index (Phi) is 3.16.